The van der Waals surface area contributed by atoms with Crippen molar-refractivity contribution in [1.29, 1.82) is 0 Å². The van der Waals surface area contributed by atoms with Gasteiger partial charge < -0.3 is 4.90 Å². The van der Waals surface area contributed by atoms with Gasteiger partial charge in [0.25, 0.3) is 5.91 Å². The van der Waals surface area contributed by atoms with Gasteiger partial charge in [-0.1, -0.05) is 18.2 Å². The molecule has 4 heteroatoms. The van der Waals surface area contributed by atoms with E-state index in [1.54, 1.807) is 0 Å². The van der Waals surface area contributed by atoms with Crippen molar-refractivity contribution in [3.63, 3.8) is 0 Å². The summed E-state index contributed by atoms with van der Waals surface area (Å²) >= 11 is 1.94. The molecule has 0 atom stereocenters. The van der Waals surface area contributed by atoms with Crippen LogP contribution in [-0.4, -0.2) is 28.9 Å². The lowest BCUT2D eigenvalue weighted by Crippen LogP contribution is -2.38. The minimum Gasteiger partial charge on any atom is -0.339 e. The van der Waals surface area contributed by atoms with Gasteiger partial charge >= 0.3 is 0 Å². The minimum atomic E-state index is 0.185. The molecule has 1 aromatic carbocycles. The summed E-state index contributed by atoms with van der Waals surface area (Å²) in [6, 6.07) is 7.90. The molecule has 1 amide bonds. The molecule has 1 saturated heterocycles. The van der Waals surface area contributed by atoms with Crippen LogP contribution >= 0.6 is 11.3 Å². The predicted octanol–water partition coefficient (Wildman–Crippen LogP) is 4.35. The third-order valence-corrected chi connectivity index (χ3v) is 6.69. The van der Waals surface area contributed by atoms with E-state index in [-0.39, 0.29) is 5.91 Å². The molecule has 2 aromatic rings. The van der Waals surface area contributed by atoms with Crippen LogP contribution in [0.3, 0.4) is 0 Å². The highest BCUT2D eigenvalue weighted by atomic mass is 32.1. The van der Waals surface area contributed by atoms with E-state index >= 15 is 0 Å². The van der Waals surface area contributed by atoms with Crippen molar-refractivity contribution < 1.29 is 4.79 Å². The summed E-state index contributed by atoms with van der Waals surface area (Å²) in [4.78, 5) is 21.2. The van der Waals surface area contributed by atoms with Crippen LogP contribution in [0.25, 0.3) is 0 Å². The summed E-state index contributed by atoms with van der Waals surface area (Å²) in [5, 5.41) is 1.32. The maximum atomic E-state index is 12.7. The van der Waals surface area contributed by atoms with Crippen LogP contribution in [0.15, 0.2) is 24.3 Å². The zero-order chi connectivity index (χ0) is 16.5. The number of amides is 1. The summed E-state index contributed by atoms with van der Waals surface area (Å²) in [7, 11) is 0. The Morgan fingerprint density at radius 3 is 2.67 bits per heavy atom. The third kappa shape index (κ3) is 3.00. The van der Waals surface area contributed by atoms with Crippen LogP contribution in [0.4, 0.5) is 0 Å². The molecule has 0 bridgehead atoms. The topological polar surface area (TPSA) is 33.2 Å². The van der Waals surface area contributed by atoms with Crippen LogP contribution in [0.5, 0.6) is 0 Å². The van der Waals surface area contributed by atoms with Gasteiger partial charge in [0.05, 0.1) is 10.7 Å². The fraction of sp³-hybridized carbons (Fsp3) is 0.500. The molecule has 3 nitrogen and oxygen atoms in total. The first-order chi connectivity index (χ1) is 11.7. The van der Waals surface area contributed by atoms with Gasteiger partial charge in [0.2, 0.25) is 0 Å². The number of piperidine rings is 1. The molecule has 1 aromatic heterocycles. The molecule has 0 N–H and O–H groups in total. The zero-order valence-corrected chi connectivity index (χ0v) is 15.1. The van der Waals surface area contributed by atoms with E-state index in [1.807, 2.05) is 47.4 Å². The molecule has 4 rings (SSSR count). The number of hydrogen-bond donors (Lipinski definition) is 0. The van der Waals surface area contributed by atoms with E-state index in [9.17, 15) is 4.79 Å². The zero-order valence-electron chi connectivity index (χ0n) is 14.3. The Balaban J connectivity index is 1.42. The monoisotopic (exact) mass is 340 g/mol. The average Bonchev–Trinajstić information content (AvgIpc) is 3.06. The first kappa shape index (κ1) is 15.8. The lowest BCUT2D eigenvalue weighted by atomic mass is 9.96. The molecule has 0 saturated carbocycles. The van der Waals surface area contributed by atoms with Gasteiger partial charge in [0.1, 0.15) is 0 Å². The molecule has 1 aliphatic carbocycles. The van der Waals surface area contributed by atoms with Crippen molar-refractivity contribution in [3.8, 4) is 0 Å². The number of aryl methyl sites for hydroxylation is 3. The lowest BCUT2D eigenvalue weighted by Gasteiger charge is -2.31. The molecule has 2 heterocycles. The SMILES string of the molecule is Cc1ccccc1C(=O)N1CCC(c2nc3c(s2)CCCC3)CC1. The highest BCUT2D eigenvalue weighted by molar-refractivity contribution is 7.11. The van der Waals surface area contributed by atoms with E-state index in [0.29, 0.717) is 5.92 Å². The Hall–Kier alpha value is -1.68. The van der Waals surface area contributed by atoms with Crippen molar-refractivity contribution in [3.05, 3.63) is 51.0 Å². The Bertz CT molecular complexity index is 720. The van der Waals surface area contributed by atoms with Crippen molar-refractivity contribution in [2.24, 2.45) is 0 Å². The number of carbonyl (C=O) groups excluding carboxylic acids is 1. The second-order valence-electron chi connectivity index (χ2n) is 7.01. The van der Waals surface area contributed by atoms with Crippen LogP contribution in [0.2, 0.25) is 0 Å². The average molecular weight is 340 g/mol. The number of benzene rings is 1. The molecule has 2 aliphatic rings. The summed E-state index contributed by atoms with van der Waals surface area (Å²) in [6.07, 6.45) is 7.08. The maximum Gasteiger partial charge on any atom is 0.254 e. The normalized spacial score (nSPS) is 18.5. The van der Waals surface area contributed by atoms with Gasteiger partial charge in [0, 0.05) is 29.4 Å². The molecular formula is C20H24N2OS. The smallest absolute Gasteiger partial charge is 0.254 e. The number of aromatic nitrogens is 1. The minimum absolute atomic E-state index is 0.185. The largest absolute Gasteiger partial charge is 0.339 e. The predicted molar refractivity (Wildman–Crippen MR) is 97.8 cm³/mol. The van der Waals surface area contributed by atoms with Gasteiger partial charge in [-0.2, -0.15) is 0 Å². The summed E-state index contributed by atoms with van der Waals surface area (Å²) in [5.41, 5.74) is 3.28. The standard InChI is InChI=1S/C20H24N2OS/c1-14-6-2-3-7-16(14)20(23)22-12-10-15(11-13-22)19-21-17-8-4-5-9-18(17)24-19/h2-3,6-7,15H,4-5,8-13H2,1H3. The molecule has 1 fully saturated rings. The van der Waals surface area contributed by atoms with Crippen LogP contribution in [0.1, 0.15) is 63.1 Å². The van der Waals surface area contributed by atoms with Crippen LogP contribution < -0.4 is 0 Å². The van der Waals surface area contributed by atoms with Crippen LogP contribution in [-0.2, 0) is 12.8 Å². The van der Waals surface area contributed by atoms with Gasteiger partial charge in [0.15, 0.2) is 0 Å². The fourth-order valence-corrected chi connectivity index (χ4v) is 5.18. The molecule has 24 heavy (non-hydrogen) atoms. The number of rotatable bonds is 2. The van der Waals surface area contributed by atoms with Crippen LogP contribution in [0, 0.1) is 6.92 Å². The molecule has 0 spiro atoms. The van der Waals surface area contributed by atoms with Crippen molar-refractivity contribution in [2.75, 3.05) is 13.1 Å². The number of carbonyl (C=O) groups is 1. The number of thiazole rings is 1. The Kier molecular flexibility index (Phi) is 4.40. The molecule has 0 radical (unpaired) electrons. The number of fused-ring (bicyclic) bond motifs is 1. The molecule has 1 aliphatic heterocycles. The Labute approximate surface area is 147 Å². The maximum absolute atomic E-state index is 12.7. The Morgan fingerprint density at radius 1 is 1.17 bits per heavy atom. The van der Waals surface area contributed by atoms with E-state index in [0.717, 1.165) is 43.5 Å². The summed E-state index contributed by atoms with van der Waals surface area (Å²) < 4.78 is 0. The second kappa shape index (κ2) is 6.67. The van der Waals surface area contributed by atoms with E-state index < -0.39 is 0 Å². The summed E-state index contributed by atoms with van der Waals surface area (Å²) in [5.74, 6) is 0.728. The number of likely N-dealkylation sites (tertiary alicyclic amines) is 1. The van der Waals surface area contributed by atoms with E-state index in [2.05, 4.69) is 0 Å². The number of hydrogen-bond acceptors (Lipinski definition) is 3. The number of nitrogens with zero attached hydrogens (tertiary/aromatic N) is 2. The van der Waals surface area contributed by atoms with E-state index in [4.69, 9.17) is 4.98 Å². The molecule has 126 valence electrons. The highest BCUT2D eigenvalue weighted by Gasteiger charge is 2.28. The van der Waals surface area contributed by atoms with Gasteiger partial charge in [-0.25, -0.2) is 4.98 Å². The van der Waals surface area contributed by atoms with Crippen molar-refractivity contribution in [2.45, 2.75) is 51.4 Å². The highest BCUT2D eigenvalue weighted by Crippen LogP contribution is 2.35. The van der Waals surface area contributed by atoms with E-state index in [1.165, 1.54) is 34.8 Å². The third-order valence-electron chi connectivity index (χ3n) is 5.37. The molecular weight excluding hydrogens is 316 g/mol. The quantitative estimate of drug-likeness (QED) is 0.814. The molecule has 0 unspecified atom stereocenters. The Morgan fingerprint density at radius 2 is 1.92 bits per heavy atom. The lowest BCUT2D eigenvalue weighted by molar-refractivity contribution is 0.0712. The van der Waals surface area contributed by atoms with Crippen molar-refractivity contribution >= 4 is 17.2 Å². The van der Waals surface area contributed by atoms with Crippen molar-refractivity contribution in [1.82, 2.24) is 9.88 Å². The second-order valence-corrected chi connectivity index (χ2v) is 8.13. The first-order valence-corrected chi connectivity index (χ1v) is 9.87. The van der Waals surface area contributed by atoms with Gasteiger partial charge in [-0.05, 0) is 57.1 Å². The summed E-state index contributed by atoms with van der Waals surface area (Å²) in [6.45, 7) is 3.71. The van der Waals surface area contributed by atoms with Gasteiger partial charge in [-0.15, -0.1) is 11.3 Å². The van der Waals surface area contributed by atoms with Gasteiger partial charge in [-0.3, -0.25) is 4.79 Å². The first-order valence-electron chi connectivity index (χ1n) is 9.06. The fourth-order valence-electron chi connectivity index (χ4n) is 3.86.